The number of benzene rings is 2. The summed E-state index contributed by atoms with van der Waals surface area (Å²) in [7, 11) is 0. The maximum absolute atomic E-state index is 11.6. The Labute approximate surface area is 136 Å². The zero-order chi connectivity index (χ0) is 17.6. The van der Waals surface area contributed by atoms with E-state index < -0.39 is 16.4 Å². The highest BCUT2D eigenvalue weighted by Crippen LogP contribution is 2.23. The van der Waals surface area contributed by atoms with Crippen LogP contribution in [0, 0.1) is 21.4 Å². The average Bonchev–Trinajstić information content (AvgIpc) is 2.59. The lowest BCUT2D eigenvalue weighted by Crippen LogP contribution is -2.37. The number of rotatable bonds is 6. The van der Waals surface area contributed by atoms with E-state index in [9.17, 15) is 25.3 Å². The molecule has 8 heteroatoms. The number of carboxylic acids is 1. The van der Waals surface area contributed by atoms with E-state index in [1.807, 2.05) is 0 Å². The van der Waals surface area contributed by atoms with Gasteiger partial charge in [0.2, 0.25) is 0 Å². The molecule has 0 amide bonds. The molecule has 1 N–H and O–H groups in total. The molecule has 1 atom stereocenters. The molecule has 0 radical (unpaired) electrons. The molecule has 1 unspecified atom stereocenters. The predicted octanol–water partition coefficient (Wildman–Crippen LogP) is 3.27. The second kappa shape index (κ2) is 7.11. The van der Waals surface area contributed by atoms with Gasteiger partial charge < -0.3 is 5.11 Å². The summed E-state index contributed by atoms with van der Waals surface area (Å²) in [4.78, 5) is 21.6. The third kappa shape index (κ3) is 3.78. The fourth-order valence-electron chi connectivity index (χ4n) is 1.94. The van der Waals surface area contributed by atoms with Crippen LogP contribution in [-0.2, 0) is 11.2 Å². The molecule has 0 aliphatic carbocycles. The predicted molar refractivity (Wildman–Crippen MR) is 83.7 cm³/mol. The summed E-state index contributed by atoms with van der Waals surface area (Å²) in [6.45, 7) is 0. The van der Waals surface area contributed by atoms with Gasteiger partial charge in [-0.25, -0.2) is 4.79 Å². The summed E-state index contributed by atoms with van der Waals surface area (Å²) in [6, 6.07) is 15.4. The van der Waals surface area contributed by atoms with E-state index in [0.29, 0.717) is 5.56 Å². The molecule has 0 heterocycles. The lowest BCUT2D eigenvalue weighted by molar-refractivity contribution is -0.384. The number of nitriles is 1. The van der Waals surface area contributed by atoms with Gasteiger partial charge in [0, 0.05) is 18.6 Å². The number of carbonyl (C=O) groups is 1. The molecule has 0 aromatic heterocycles. The van der Waals surface area contributed by atoms with Crippen LogP contribution in [0.5, 0.6) is 0 Å². The number of aliphatic carboxylic acids is 1. The number of non-ortho nitro benzene ring substituents is 1. The number of nitrogens with zero attached hydrogens (tertiary/aromatic N) is 4. The number of hydrogen-bond donors (Lipinski definition) is 1. The average molecular weight is 324 g/mol. The Kier molecular flexibility index (Phi) is 4.96. The maximum Gasteiger partial charge on any atom is 0.348 e. The summed E-state index contributed by atoms with van der Waals surface area (Å²) >= 11 is 0. The molecule has 120 valence electrons. The van der Waals surface area contributed by atoms with Crippen LogP contribution in [0.15, 0.2) is 64.8 Å². The second-order valence-corrected chi connectivity index (χ2v) is 4.91. The number of azo groups is 1. The zero-order valence-corrected chi connectivity index (χ0v) is 12.4. The lowest BCUT2D eigenvalue weighted by Gasteiger charge is -2.15. The Balaban J connectivity index is 2.30. The number of hydrogen-bond acceptors (Lipinski definition) is 6. The fraction of sp³-hybridized carbons (Fsp3) is 0.125. The van der Waals surface area contributed by atoms with Crippen LogP contribution in [0.3, 0.4) is 0 Å². The minimum absolute atomic E-state index is 0.122. The Morgan fingerprint density at radius 2 is 1.83 bits per heavy atom. The minimum atomic E-state index is -2.07. The van der Waals surface area contributed by atoms with Crippen molar-refractivity contribution < 1.29 is 14.8 Å². The quantitative estimate of drug-likeness (QED) is 0.495. The first kappa shape index (κ1) is 16.8. The van der Waals surface area contributed by atoms with Crippen molar-refractivity contribution in [2.45, 2.75) is 12.0 Å². The highest BCUT2D eigenvalue weighted by molar-refractivity contribution is 5.83. The first-order valence-corrected chi connectivity index (χ1v) is 6.83. The van der Waals surface area contributed by atoms with Gasteiger partial charge in [0.15, 0.2) is 0 Å². The molecule has 0 aliphatic heterocycles. The molecule has 0 spiro atoms. The van der Waals surface area contributed by atoms with Gasteiger partial charge in [0.1, 0.15) is 6.07 Å². The third-order valence-electron chi connectivity index (χ3n) is 3.24. The van der Waals surface area contributed by atoms with Crippen LogP contribution in [0.1, 0.15) is 5.56 Å². The molecule has 0 fully saturated rings. The van der Waals surface area contributed by atoms with Crippen LogP contribution in [0.2, 0.25) is 0 Å². The fourth-order valence-corrected chi connectivity index (χ4v) is 1.94. The molecular weight excluding hydrogens is 312 g/mol. The van der Waals surface area contributed by atoms with Crippen LogP contribution < -0.4 is 0 Å². The molecule has 0 aliphatic rings. The maximum atomic E-state index is 11.6. The van der Waals surface area contributed by atoms with Crippen molar-refractivity contribution in [2.75, 3.05) is 0 Å². The first-order chi connectivity index (χ1) is 11.5. The second-order valence-electron chi connectivity index (χ2n) is 4.91. The summed E-state index contributed by atoms with van der Waals surface area (Å²) in [5.41, 5.74) is -1.34. The van der Waals surface area contributed by atoms with Gasteiger partial charge in [-0.3, -0.25) is 10.1 Å². The van der Waals surface area contributed by atoms with Gasteiger partial charge in [-0.2, -0.15) is 15.5 Å². The van der Waals surface area contributed by atoms with E-state index in [1.54, 1.807) is 36.4 Å². The molecule has 8 nitrogen and oxygen atoms in total. The van der Waals surface area contributed by atoms with Gasteiger partial charge in [0.05, 0.1) is 10.6 Å². The summed E-state index contributed by atoms with van der Waals surface area (Å²) in [5, 5.41) is 36.8. The Hall–Kier alpha value is -3.60. The standard InChI is InChI=1S/C16H12N4O4/c17-11-16(15(21)22,10-12-4-2-1-3-5-12)19-18-13-6-8-14(9-7-13)20(23)24/h1-9H,10H2,(H,21,22). The van der Waals surface area contributed by atoms with E-state index in [4.69, 9.17) is 0 Å². The van der Waals surface area contributed by atoms with E-state index in [1.165, 1.54) is 24.3 Å². The monoisotopic (exact) mass is 324 g/mol. The normalized spacial score (nSPS) is 13.1. The number of carboxylic acid groups (broad SMARTS) is 1. The van der Waals surface area contributed by atoms with Gasteiger partial charge in [-0.1, -0.05) is 30.3 Å². The third-order valence-corrected chi connectivity index (χ3v) is 3.24. The van der Waals surface area contributed by atoms with Crippen molar-refractivity contribution in [3.8, 4) is 6.07 Å². The Morgan fingerprint density at radius 3 is 2.33 bits per heavy atom. The van der Waals surface area contributed by atoms with Crippen LogP contribution >= 0.6 is 0 Å². The molecule has 0 saturated carbocycles. The highest BCUT2D eigenvalue weighted by Gasteiger charge is 2.39. The van der Waals surface area contributed by atoms with E-state index in [-0.39, 0.29) is 17.8 Å². The van der Waals surface area contributed by atoms with E-state index in [0.717, 1.165) is 0 Å². The van der Waals surface area contributed by atoms with Gasteiger partial charge >= 0.3 is 5.97 Å². The molecule has 2 rings (SSSR count). The minimum Gasteiger partial charge on any atom is -0.479 e. The molecule has 2 aromatic rings. The Morgan fingerprint density at radius 1 is 1.21 bits per heavy atom. The molecule has 2 aromatic carbocycles. The van der Waals surface area contributed by atoms with Gasteiger partial charge in [-0.15, -0.1) is 0 Å². The summed E-state index contributed by atoms with van der Waals surface area (Å²) < 4.78 is 0. The topological polar surface area (TPSA) is 129 Å². The van der Waals surface area contributed by atoms with Gasteiger partial charge in [0.25, 0.3) is 11.2 Å². The number of nitro benzene ring substituents is 1. The highest BCUT2D eigenvalue weighted by atomic mass is 16.6. The molecule has 0 bridgehead atoms. The summed E-state index contributed by atoms with van der Waals surface area (Å²) in [5.74, 6) is -1.42. The van der Waals surface area contributed by atoms with Crippen molar-refractivity contribution in [1.82, 2.24) is 0 Å². The largest absolute Gasteiger partial charge is 0.479 e. The molecule has 24 heavy (non-hydrogen) atoms. The van der Waals surface area contributed by atoms with E-state index in [2.05, 4.69) is 10.2 Å². The van der Waals surface area contributed by atoms with Crippen LogP contribution in [-0.4, -0.2) is 21.5 Å². The summed E-state index contributed by atoms with van der Waals surface area (Å²) in [6.07, 6.45) is -0.143. The van der Waals surface area contributed by atoms with Crippen LogP contribution in [0.25, 0.3) is 0 Å². The van der Waals surface area contributed by atoms with Crippen molar-refractivity contribution in [3.63, 3.8) is 0 Å². The SMILES string of the molecule is N#CC(Cc1ccccc1)(N=Nc1ccc([N+](=O)[O-])cc1)C(=O)O. The molecular formula is C16H12N4O4. The van der Waals surface area contributed by atoms with Crippen molar-refractivity contribution in [3.05, 3.63) is 70.3 Å². The van der Waals surface area contributed by atoms with Gasteiger partial charge in [-0.05, 0) is 17.7 Å². The van der Waals surface area contributed by atoms with Crippen molar-refractivity contribution in [1.29, 1.82) is 5.26 Å². The lowest BCUT2D eigenvalue weighted by atomic mass is 9.93. The van der Waals surface area contributed by atoms with Crippen molar-refractivity contribution >= 4 is 17.3 Å². The Bertz CT molecular complexity index is 812. The van der Waals surface area contributed by atoms with E-state index >= 15 is 0 Å². The van der Waals surface area contributed by atoms with Crippen LogP contribution in [0.4, 0.5) is 11.4 Å². The first-order valence-electron chi connectivity index (χ1n) is 6.83. The smallest absolute Gasteiger partial charge is 0.348 e. The zero-order valence-electron chi connectivity index (χ0n) is 12.4. The van der Waals surface area contributed by atoms with Crippen molar-refractivity contribution in [2.24, 2.45) is 10.2 Å². The molecule has 0 saturated heterocycles. The number of nitro groups is 1.